The molecule has 1 atom stereocenters. The Hall–Kier alpha value is -6.97. The monoisotopic (exact) mass is 690 g/mol. The Morgan fingerprint density at radius 2 is 1.09 bits per heavy atom. The summed E-state index contributed by atoms with van der Waals surface area (Å²) < 4.78 is 6.51. The number of nitrogens with zero attached hydrogens (tertiary/aromatic N) is 1. The van der Waals surface area contributed by atoms with Crippen molar-refractivity contribution in [2.45, 2.75) is 11.6 Å². The van der Waals surface area contributed by atoms with E-state index in [0.717, 1.165) is 38.6 Å². The lowest BCUT2D eigenvalue weighted by Gasteiger charge is -2.34. The summed E-state index contributed by atoms with van der Waals surface area (Å²) >= 11 is 0. The Kier molecular flexibility index (Phi) is 6.83. The molecular weight excluding hydrogens is 657 g/mol. The van der Waals surface area contributed by atoms with Gasteiger partial charge < -0.3 is 9.73 Å². The van der Waals surface area contributed by atoms with Crippen molar-refractivity contribution in [3.63, 3.8) is 0 Å². The number of nitrogens with one attached hydrogen (secondary N) is 1. The fourth-order valence-corrected chi connectivity index (χ4v) is 9.07. The van der Waals surface area contributed by atoms with Crippen molar-refractivity contribution in [2.75, 3.05) is 0 Å². The smallest absolute Gasteiger partial charge is 0.177 e. The lowest BCUT2D eigenvalue weighted by Crippen LogP contribution is -2.38. The Labute approximate surface area is 313 Å². The van der Waals surface area contributed by atoms with Gasteiger partial charge in [0.15, 0.2) is 5.42 Å². The highest BCUT2D eigenvalue weighted by Crippen LogP contribution is 2.60. The summed E-state index contributed by atoms with van der Waals surface area (Å²) in [5, 5.41) is 8.22. The minimum Gasteiger partial charge on any atom is -0.452 e. The first-order valence-corrected chi connectivity index (χ1v) is 18.6. The molecule has 1 aliphatic heterocycles. The molecule has 0 radical (unpaired) electrons. The largest absolute Gasteiger partial charge is 0.452 e. The van der Waals surface area contributed by atoms with Crippen molar-refractivity contribution >= 4 is 27.4 Å². The minimum atomic E-state index is -0.592. The maximum absolute atomic E-state index is 6.51. The zero-order chi connectivity index (χ0) is 35.6. The van der Waals surface area contributed by atoms with Crippen LogP contribution in [0.5, 0.6) is 0 Å². The van der Waals surface area contributed by atoms with E-state index >= 15 is 0 Å². The van der Waals surface area contributed by atoms with Crippen molar-refractivity contribution < 1.29 is 4.42 Å². The van der Waals surface area contributed by atoms with E-state index in [1.54, 1.807) is 0 Å². The molecule has 0 amide bonds. The molecular formula is C51H34N2O. The normalized spacial score (nSPS) is 15.3. The van der Waals surface area contributed by atoms with Crippen molar-refractivity contribution in [3.8, 4) is 22.3 Å². The van der Waals surface area contributed by atoms with E-state index in [0.29, 0.717) is 0 Å². The standard InChI is InChI=1S/C51H34N2O/c1-5-17-33(18-6-1)45-39-26-14-13-21-35(39)31-43-46(45)40-30-29-36(32-42(40)51(43,37-22-9-3-10-23-37)38-24-11-4-12-25-38)50-52-47(34-19-7-2-8-20-34)49-48(53-50)41-27-15-16-28-44(41)54-49/h1-32,50,52H. The molecule has 1 unspecified atom stereocenters. The van der Waals surface area contributed by atoms with Gasteiger partial charge in [-0.25, -0.2) is 0 Å². The van der Waals surface area contributed by atoms with Gasteiger partial charge in [-0.2, -0.15) is 0 Å². The van der Waals surface area contributed by atoms with E-state index in [-0.39, 0.29) is 6.17 Å². The van der Waals surface area contributed by atoms with E-state index in [1.807, 2.05) is 18.2 Å². The van der Waals surface area contributed by atoms with Gasteiger partial charge in [-0.3, -0.25) is 4.99 Å². The Bertz CT molecular complexity index is 2970. The van der Waals surface area contributed by atoms with Crippen LogP contribution in [0.3, 0.4) is 0 Å². The molecule has 1 aliphatic carbocycles. The average Bonchev–Trinajstić information content (AvgIpc) is 3.77. The number of rotatable bonds is 5. The predicted octanol–water partition coefficient (Wildman–Crippen LogP) is 10.7. The number of hydrogen-bond acceptors (Lipinski definition) is 3. The summed E-state index contributed by atoms with van der Waals surface area (Å²) in [6.07, 6.45) is -0.348. The maximum Gasteiger partial charge on any atom is 0.177 e. The molecule has 2 aliphatic rings. The van der Waals surface area contributed by atoms with Crippen molar-refractivity contribution in [1.82, 2.24) is 5.32 Å². The predicted molar refractivity (Wildman–Crippen MR) is 219 cm³/mol. The number of para-hydroxylation sites is 1. The summed E-state index contributed by atoms with van der Waals surface area (Å²) in [5.74, 6) is 0. The fraction of sp³-hybridized carbons (Fsp3) is 0.0392. The fourth-order valence-electron chi connectivity index (χ4n) is 9.07. The van der Waals surface area contributed by atoms with Crippen molar-refractivity contribution in [3.05, 3.63) is 238 Å². The Morgan fingerprint density at radius 3 is 1.80 bits per heavy atom. The van der Waals surface area contributed by atoms with Crippen LogP contribution in [0.1, 0.15) is 39.5 Å². The van der Waals surface area contributed by atoms with Crippen LogP contribution in [0, 0.1) is 0 Å². The molecule has 0 spiro atoms. The highest BCUT2D eigenvalue weighted by Gasteiger charge is 2.48. The highest BCUT2D eigenvalue weighted by atomic mass is 16.3. The number of fused-ring (bicyclic) bond motifs is 7. The van der Waals surface area contributed by atoms with Gasteiger partial charge in [0, 0.05) is 10.9 Å². The van der Waals surface area contributed by atoms with Crippen molar-refractivity contribution in [2.24, 2.45) is 4.99 Å². The zero-order valence-electron chi connectivity index (χ0n) is 29.4. The van der Waals surface area contributed by atoms with Crippen LogP contribution in [0.15, 0.2) is 204 Å². The molecule has 0 saturated heterocycles. The molecule has 8 aromatic carbocycles. The summed E-state index contributed by atoms with van der Waals surface area (Å²) in [4.78, 5) is 5.43. The molecule has 54 heavy (non-hydrogen) atoms. The number of benzene rings is 8. The van der Waals surface area contributed by atoms with Gasteiger partial charge in [0.25, 0.3) is 0 Å². The number of furan rings is 1. The van der Waals surface area contributed by atoms with Crippen LogP contribution in [0.25, 0.3) is 49.7 Å². The second-order valence-corrected chi connectivity index (χ2v) is 14.2. The third kappa shape index (κ3) is 4.45. The summed E-state index contributed by atoms with van der Waals surface area (Å²) in [6, 6.07) is 70.0. The van der Waals surface area contributed by atoms with E-state index in [2.05, 4.69) is 181 Å². The van der Waals surface area contributed by atoms with Gasteiger partial charge >= 0.3 is 0 Å². The van der Waals surface area contributed by atoms with Crippen LogP contribution in [-0.4, -0.2) is 0 Å². The van der Waals surface area contributed by atoms with Crippen LogP contribution >= 0.6 is 0 Å². The molecule has 11 rings (SSSR count). The van der Waals surface area contributed by atoms with Crippen LogP contribution < -0.4 is 16.1 Å². The molecule has 0 fully saturated rings. The van der Waals surface area contributed by atoms with Crippen LogP contribution in [0.2, 0.25) is 0 Å². The molecule has 2 heterocycles. The van der Waals surface area contributed by atoms with E-state index in [9.17, 15) is 0 Å². The molecule has 0 saturated carbocycles. The molecule has 254 valence electrons. The Morgan fingerprint density at radius 1 is 0.500 bits per heavy atom. The second-order valence-electron chi connectivity index (χ2n) is 14.2. The van der Waals surface area contributed by atoms with Crippen molar-refractivity contribution in [1.29, 1.82) is 0 Å². The van der Waals surface area contributed by atoms with Gasteiger partial charge in [-0.15, -0.1) is 0 Å². The van der Waals surface area contributed by atoms with E-state index < -0.39 is 5.41 Å². The summed E-state index contributed by atoms with van der Waals surface area (Å²) in [7, 11) is 0. The quantitative estimate of drug-likeness (QED) is 0.195. The first kappa shape index (κ1) is 30.6. The molecule has 0 bridgehead atoms. The summed E-state index contributed by atoms with van der Waals surface area (Å²) in [6.45, 7) is 0. The molecule has 1 N–H and O–H groups in total. The van der Waals surface area contributed by atoms with Gasteiger partial charge in [0.05, 0.1) is 11.1 Å². The average molecular weight is 691 g/mol. The molecule has 3 nitrogen and oxygen atoms in total. The van der Waals surface area contributed by atoms with Gasteiger partial charge in [0.1, 0.15) is 17.1 Å². The highest BCUT2D eigenvalue weighted by molar-refractivity contribution is 6.09. The SMILES string of the molecule is c1ccc(C2=c3oc4ccccc4c3=NC(c3ccc4c(c3)C(c3ccccc3)(c3ccccc3)c3cc5ccccc5c(-c5ccccc5)c3-4)N2)cc1. The minimum absolute atomic E-state index is 0.348. The third-order valence-electron chi connectivity index (χ3n) is 11.4. The van der Waals surface area contributed by atoms with Crippen LogP contribution in [0.4, 0.5) is 0 Å². The first-order chi connectivity index (χ1) is 26.8. The maximum atomic E-state index is 6.51. The number of hydrogen-bond donors (Lipinski definition) is 1. The summed E-state index contributed by atoms with van der Waals surface area (Å²) in [5.41, 5.74) is 14.1. The lowest BCUT2D eigenvalue weighted by molar-refractivity contribution is 0.535. The van der Waals surface area contributed by atoms with Gasteiger partial charge in [-0.05, 0) is 85.1 Å². The topological polar surface area (TPSA) is 37.5 Å². The van der Waals surface area contributed by atoms with E-state index in [4.69, 9.17) is 9.41 Å². The Balaban J connectivity index is 1.23. The lowest BCUT2D eigenvalue weighted by atomic mass is 9.67. The van der Waals surface area contributed by atoms with E-state index in [1.165, 1.54) is 55.3 Å². The first-order valence-electron chi connectivity index (χ1n) is 18.6. The zero-order valence-corrected chi connectivity index (χ0v) is 29.4. The van der Waals surface area contributed by atoms with Gasteiger partial charge in [-0.1, -0.05) is 170 Å². The molecule has 9 aromatic rings. The van der Waals surface area contributed by atoms with Crippen LogP contribution in [-0.2, 0) is 5.41 Å². The van der Waals surface area contributed by atoms with Gasteiger partial charge in [0.2, 0.25) is 0 Å². The third-order valence-corrected chi connectivity index (χ3v) is 11.4. The molecule has 3 heteroatoms. The molecule has 1 aromatic heterocycles. The second kappa shape index (κ2) is 12.0.